The van der Waals surface area contributed by atoms with Gasteiger partial charge in [-0.15, -0.1) is 0 Å². The van der Waals surface area contributed by atoms with Gasteiger partial charge in [0.15, 0.2) is 0 Å². The first-order valence-corrected chi connectivity index (χ1v) is 6.16. The molecular formula is C14H23NO. The van der Waals surface area contributed by atoms with Crippen molar-refractivity contribution >= 4 is 5.69 Å². The summed E-state index contributed by atoms with van der Waals surface area (Å²) in [7, 11) is 0. The number of aliphatic hydroxyl groups is 1. The zero-order chi connectivity index (χ0) is 12.0. The van der Waals surface area contributed by atoms with Gasteiger partial charge in [0.1, 0.15) is 0 Å². The number of nitrogen functional groups attached to an aromatic ring is 1. The number of hydrogen-bond donors (Lipinski definition) is 2. The Kier molecular flexibility index (Phi) is 5.33. The molecule has 0 amide bonds. The fourth-order valence-electron chi connectivity index (χ4n) is 1.91. The molecule has 0 radical (unpaired) electrons. The van der Waals surface area contributed by atoms with Crippen LogP contribution in [-0.2, 0) is 6.42 Å². The molecule has 0 spiro atoms. The number of aryl methyl sites for hydroxylation is 2. The molecule has 0 saturated heterocycles. The van der Waals surface area contributed by atoms with Crippen molar-refractivity contribution in [3.8, 4) is 0 Å². The zero-order valence-electron chi connectivity index (χ0n) is 10.4. The summed E-state index contributed by atoms with van der Waals surface area (Å²) in [5.41, 5.74) is 9.03. The predicted octanol–water partition coefficient (Wildman–Crippen LogP) is 3.06. The first kappa shape index (κ1) is 13.0. The lowest BCUT2D eigenvalue weighted by atomic mass is 9.99. The lowest BCUT2D eigenvalue weighted by Crippen LogP contribution is -2.08. The quantitative estimate of drug-likeness (QED) is 0.725. The van der Waals surface area contributed by atoms with Crippen LogP contribution < -0.4 is 5.73 Å². The van der Waals surface area contributed by atoms with Gasteiger partial charge in [0.2, 0.25) is 0 Å². The molecule has 0 aromatic heterocycles. The second kappa shape index (κ2) is 6.54. The van der Waals surface area contributed by atoms with Gasteiger partial charge in [0.05, 0.1) is 6.10 Å². The molecule has 0 aliphatic carbocycles. The number of benzene rings is 1. The molecule has 1 unspecified atom stereocenters. The largest absolute Gasteiger partial charge is 0.399 e. The average Bonchev–Trinajstić information content (AvgIpc) is 2.25. The molecule has 1 aromatic carbocycles. The van der Waals surface area contributed by atoms with Crippen LogP contribution >= 0.6 is 0 Å². The van der Waals surface area contributed by atoms with Crippen LogP contribution in [0.25, 0.3) is 0 Å². The van der Waals surface area contributed by atoms with E-state index in [9.17, 15) is 5.11 Å². The van der Waals surface area contributed by atoms with Gasteiger partial charge in [-0.05, 0) is 49.4 Å². The summed E-state index contributed by atoms with van der Waals surface area (Å²) < 4.78 is 0. The molecular weight excluding hydrogens is 198 g/mol. The molecule has 16 heavy (non-hydrogen) atoms. The van der Waals surface area contributed by atoms with Crippen molar-refractivity contribution in [2.24, 2.45) is 0 Å². The molecule has 1 rings (SSSR count). The third-order valence-electron chi connectivity index (χ3n) is 3.00. The maximum Gasteiger partial charge on any atom is 0.0543 e. The van der Waals surface area contributed by atoms with Gasteiger partial charge in [-0.25, -0.2) is 0 Å². The molecule has 1 atom stereocenters. The summed E-state index contributed by atoms with van der Waals surface area (Å²) in [5, 5.41) is 9.76. The van der Waals surface area contributed by atoms with Gasteiger partial charge in [-0.2, -0.15) is 0 Å². The highest BCUT2D eigenvalue weighted by atomic mass is 16.3. The minimum Gasteiger partial charge on any atom is -0.399 e. The summed E-state index contributed by atoms with van der Waals surface area (Å²) in [6.07, 6.45) is 4.82. The van der Waals surface area contributed by atoms with Crippen LogP contribution in [0, 0.1) is 6.92 Å². The van der Waals surface area contributed by atoms with Crippen molar-refractivity contribution in [2.75, 3.05) is 5.73 Å². The Morgan fingerprint density at radius 3 is 2.69 bits per heavy atom. The maximum atomic E-state index is 9.76. The van der Waals surface area contributed by atoms with Gasteiger partial charge < -0.3 is 10.8 Å². The Morgan fingerprint density at radius 1 is 1.31 bits per heavy atom. The Balaban J connectivity index is 2.42. The SMILES string of the molecule is CCCCC(O)CCc1ccc(N)cc1C. The van der Waals surface area contributed by atoms with Crippen molar-refractivity contribution < 1.29 is 5.11 Å². The van der Waals surface area contributed by atoms with Gasteiger partial charge in [-0.3, -0.25) is 0 Å². The Hall–Kier alpha value is -1.02. The van der Waals surface area contributed by atoms with Crippen LogP contribution in [0.2, 0.25) is 0 Å². The van der Waals surface area contributed by atoms with E-state index in [2.05, 4.69) is 19.9 Å². The molecule has 0 bridgehead atoms. The monoisotopic (exact) mass is 221 g/mol. The van der Waals surface area contributed by atoms with Crippen molar-refractivity contribution in [3.63, 3.8) is 0 Å². The normalized spacial score (nSPS) is 12.7. The third kappa shape index (κ3) is 4.23. The van der Waals surface area contributed by atoms with Crippen molar-refractivity contribution in [1.82, 2.24) is 0 Å². The van der Waals surface area contributed by atoms with Crippen LogP contribution in [0.1, 0.15) is 43.7 Å². The van der Waals surface area contributed by atoms with Gasteiger partial charge >= 0.3 is 0 Å². The maximum absolute atomic E-state index is 9.76. The minimum absolute atomic E-state index is 0.156. The number of nitrogens with two attached hydrogens (primary N) is 1. The van der Waals surface area contributed by atoms with E-state index in [0.717, 1.165) is 37.8 Å². The van der Waals surface area contributed by atoms with E-state index in [1.165, 1.54) is 11.1 Å². The van der Waals surface area contributed by atoms with E-state index in [4.69, 9.17) is 5.73 Å². The molecule has 90 valence electrons. The second-order valence-electron chi connectivity index (χ2n) is 4.52. The highest BCUT2D eigenvalue weighted by Crippen LogP contribution is 2.16. The number of rotatable bonds is 6. The summed E-state index contributed by atoms with van der Waals surface area (Å²) in [4.78, 5) is 0. The highest BCUT2D eigenvalue weighted by molar-refractivity contribution is 5.44. The number of hydrogen-bond acceptors (Lipinski definition) is 2. The summed E-state index contributed by atoms with van der Waals surface area (Å²) >= 11 is 0. The standard InChI is InChI=1S/C14H23NO/c1-3-4-5-14(16)9-7-12-6-8-13(15)10-11(12)2/h6,8,10,14,16H,3-5,7,9,15H2,1-2H3. The minimum atomic E-state index is -0.156. The average molecular weight is 221 g/mol. The van der Waals surface area contributed by atoms with Crippen molar-refractivity contribution in [3.05, 3.63) is 29.3 Å². The first-order valence-electron chi connectivity index (χ1n) is 6.16. The lowest BCUT2D eigenvalue weighted by Gasteiger charge is -2.11. The number of unbranched alkanes of at least 4 members (excludes halogenated alkanes) is 1. The van der Waals surface area contributed by atoms with Crippen LogP contribution in [0.4, 0.5) is 5.69 Å². The summed E-state index contributed by atoms with van der Waals surface area (Å²) in [6, 6.07) is 5.99. The Labute approximate surface area is 98.5 Å². The van der Waals surface area contributed by atoms with Gasteiger partial charge in [0, 0.05) is 5.69 Å². The van der Waals surface area contributed by atoms with Crippen LogP contribution in [-0.4, -0.2) is 11.2 Å². The van der Waals surface area contributed by atoms with Crippen LogP contribution in [0.3, 0.4) is 0 Å². The van der Waals surface area contributed by atoms with E-state index < -0.39 is 0 Å². The summed E-state index contributed by atoms with van der Waals surface area (Å²) in [6.45, 7) is 4.22. The van der Waals surface area contributed by atoms with Crippen LogP contribution in [0.5, 0.6) is 0 Å². The van der Waals surface area contributed by atoms with E-state index in [0.29, 0.717) is 0 Å². The Morgan fingerprint density at radius 2 is 2.06 bits per heavy atom. The molecule has 0 aliphatic heterocycles. The van der Waals surface area contributed by atoms with Crippen molar-refractivity contribution in [1.29, 1.82) is 0 Å². The summed E-state index contributed by atoms with van der Waals surface area (Å²) in [5.74, 6) is 0. The Bertz CT molecular complexity index is 323. The molecule has 3 N–H and O–H groups in total. The topological polar surface area (TPSA) is 46.2 Å². The van der Waals surface area contributed by atoms with E-state index in [-0.39, 0.29) is 6.10 Å². The number of anilines is 1. The van der Waals surface area contributed by atoms with E-state index in [1.807, 2.05) is 12.1 Å². The molecule has 2 nitrogen and oxygen atoms in total. The highest BCUT2D eigenvalue weighted by Gasteiger charge is 2.05. The molecule has 1 aromatic rings. The van der Waals surface area contributed by atoms with Gasteiger partial charge in [0.25, 0.3) is 0 Å². The lowest BCUT2D eigenvalue weighted by molar-refractivity contribution is 0.152. The molecule has 0 heterocycles. The molecule has 0 saturated carbocycles. The van der Waals surface area contributed by atoms with Crippen molar-refractivity contribution in [2.45, 2.75) is 52.1 Å². The smallest absolute Gasteiger partial charge is 0.0543 e. The fraction of sp³-hybridized carbons (Fsp3) is 0.571. The molecule has 0 aliphatic rings. The predicted molar refractivity (Wildman–Crippen MR) is 69.4 cm³/mol. The van der Waals surface area contributed by atoms with Gasteiger partial charge in [-0.1, -0.05) is 25.8 Å². The van der Waals surface area contributed by atoms with Crippen LogP contribution in [0.15, 0.2) is 18.2 Å². The number of aliphatic hydroxyl groups excluding tert-OH is 1. The second-order valence-corrected chi connectivity index (χ2v) is 4.52. The third-order valence-corrected chi connectivity index (χ3v) is 3.00. The van der Waals surface area contributed by atoms with E-state index >= 15 is 0 Å². The van der Waals surface area contributed by atoms with E-state index in [1.54, 1.807) is 0 Å². The fourth-order valence-corrected chi connectivity index (χ4v) is 1.91. The molecule has 2 heteroatoms. The zero-order valence-corrected chi connectivity index (χ0v) is 10.4. The molecule has 0 fully saturated rings. The first-order chi connectivity index (χ1) is 7.63.